The van der Waals surface area contributed by atoms with Gasteiger partial charge in [0.2, 0.25) is 0 Å². The summed E-state index contributed by atoms with van der Waals surface area (Å²) in [5.74, 6) is 0.101. The molecule has 0 aliphatic rings. The van der Waals surface area contributed by atoms with Gasteiger partial charge < -0.3 is 10.6 Å². The van der Waals surface area contributed by atoms with Crippen LogP contribution in [-0.2, 0) is 6.18 Å². The van der Waals surface area contributed by atoms with Gasteiger partial charge in [0.25, 0.3) is 5.91 Å². The molecule has 0 saturated carbocycles. The maximum absolute atomic E-state index is 12.9. The molecule has 0 atom stereocenters. The lowest BCUT2D eigenvalue weighted by atomic mass is 10.1. The van der Waals surface area contributed by atoms with Crippen molar-refractivity contribution in [2.45, 2.75) is 20.0 Å². The standard InChI is InChI=1S/C21H19F3N4O/c1-3-25-19-8-7-15(11-27-19)18-10-17(12-26-13(18)2)28-20(29)14-5-4-6-16(9-14)21(22,23)24/h4-12H,3H2,1-2H3,(H,25,27)(H,28,29). The summed E-state index contributed by atoms with van der Waals surface area (Å²) in [6.45, 7) is 4.55. The van der Waals surface area contributed by atoms with Gasteiger partial charge in [0.1, 0.15) is 5.82 Å². The predicted octanol–water partition coefficient (Wildman–Crippen LogP) is 5.15. The second-order valence-electron chi connectivity index (χ2n) is 6.35. The number of anilines is 2. The average Bonchev–Trinajstić information content (AvgIpc) is 2.70. The van der Waals surface area contributed by atoms with Crippen molar-refractivity contribution in [1.82, 2.24) is 9.97 Å². The van der Waals surface area contributed by atoms with Gasteiger partial charge in [-0.05, 0) is 50.2 Å². The van der Waals surface area contributed by atoms with Gasteiger partial charge in [0.15, 0.2) is 0 Å². The van der Waals surface area contributed by atoms with Gasteiger partial charge in [0.05, 0.1) is 17.4 Å². The lowest BCUT2D eigenvalue weighted by molar-refractivity contribution is -0.137. The van der Waals surface area contributed by atoms with Crippen LogP contribution < -0.4 is 10.6 Å². The number of hydrogen-bond acceptors (Lipinski definition) is 4. The summed E-state index contributed by atoms with van der Waals surface area (Å²) in [7, 11) is 0. The number of amides is 1. The van der Waals surface area contributed by atoms with E-state index in [4.69, 9.17) is 0 Å². The number of alkyl halides is 3. The highest BCUT2D eigenvalue weighted by atomic mass is 19.4. The molecule has 8 heteroatoms. The highest BCUT2D eigenvalue weighted by Gasteiger charge is 2.30. The van der Waals surface area contributed by atoms with E-state index in [0.29, 0.717) is 5.69 Å². The first-order valence-corrected chi connectivity index (χ1v) is 8.93. The monoisotopic (exact) mass is 400 g/mol. The van der Waals surface area contributed by atoms with Crippen molar-refractivity contribution in [1.29, 1.82) is 0 Å². The Balaban J connectivity index is 1.84. The number of benzene rings is 1. The van der Waals surface area contributed by atoms with Gasteiger partial charge in [-0.1, -0.05) is 6.07 Å². The summed E-state index contributed by atoms with van der Waals surface area (Å²) in [6.07, 6.45) is -1.36. The number of carbonyl (C=O) groups is 1. The largest absolute Gasteiger partial charge is 0.416 e. The SMILES string of the molecule is CCNc1ccc(-c2cc(NC(=O)c3cccc(C(F)(F)F)c3)cnc2C)cn1. The molecule has 5 nitrogen and oxygen atoms in total. The number of aryl methyl sites for hydroxylation is 1. The summed E-state index contributed by atoms with van der Waals surface area (Å²) in [5, 5.41) is 5.71. The molecule has 150 valence electrons. The molecule has 0 spiro atoms. The molecule has 0 aliphatic carbocycles. The van der Waals surface area contributed by atoms with Crippen molar-refractivity contribution in [3.63, 3.8) is 0 Å². The minimum absolute atomic E-state index is 0.0846. The van der Waals surface area contributed by atoms with Crippen LogP contribution in [0.1, 0.15) is 28.5 Å². The first-order chi connectivity index (χ1) is 13.8. The quantitative estimate of drug-likeness (QED) is 0.621. The number of nitrogens with one attached hydrogen (secondary N) is 2. The first-order valence-electron chi connectivity index (χ1n) is 8.93. The van der Waals surface area contributed by atoms with E-state index in [1.807, 2.05) is 26.0 Å². The van der Waals surface area contributed by atoms with Crippen LogP contribution in [0.15, 0.2) is 54.9 Å². The minimum atomic E-state index is -4.51. The zero-order valence-electron chi connectivity index (χ0n) is 15.8. The summed E-state index contributed by atoms with van der Waals surface area (Å²) >= 11 is 0. The van der Waals surface area contributed by atoms with Crippen LogP contribution in [-0.4, -0.2) is 22.4 Å². The lowest BCUT2D eigenvalue weighted by Crippen LogP contribution is -2.14. The van der Waals surface area contributed by atoms with Crippen molar-refractivity contribution in [2.75, 3.05) is 17.2 Å². The Bertz CT molecular complexity index is 1020. The number of carbonyl (C=O) groups excluding carboxylic acids is 1. The molecule has 2 aromatic heterocycles. The van der Waals surface area contributed by atoms with Gasteiger partial charge in [-0.2, -0.15) is 13.2 Å². The third-order valence-electron chi connectivity index (χ3n) is 4.23. The Morgan fingerprint density at radius 3 is 2.52 bits per heavy atom. The molecular weight excluding hydrogens is 381 g/mol. The van der Waals surface area contributed by atoms with E-state index in [1.165, 1.54) is 18.3 Å². The number of nitrogens with zero attached hydrogens (tertiary/aromatic N) is 2. The van der Waals surface area contributed by atoms with Crippen molar-refractivity contribution < 1.29 is 18.0 Å². The Morgan fingerprint density at radius 1 is 1.07 bits per heavy atom. The second kappa shape index (κ2) is 8.30. The van der Waals surface area contributed by atoms with Crippen LogP contribution in [0, 0.1) is 6.92 Å². The fourth-order valence-electron chi connectivity index (χ4n) is 2.77. The topological polar surface area (TPSA) is 66.9 Å². The third kappa shape index (κ3) is 4.90. The zero-order chi connectivity index (χ0) is 21.0. The molecule has 0 fully saturated rings. The Morgan fingerprint density at radius 2 is 1.86 bits per heavy atom. The summed E-state index contributed by atoms with van der Waals surface area (Å²) in [4.78, 5) is 21.0. The van der Waals surface area contributed by atoms with E-state index >= 15 is 0 Å². The molecule has 1 aromatic carbocycles. The number of hydrogen-bond donors (Lipinski definition) is 2. The molecule has 0 radical (unpaired) electrons. The molecule has 0 unspecified atom stereocenters. The van der Waals surface area contributed by atoms with Crippen molar-refractivity contribution >= 4 is 17.4 Å². The molecule has 3 rings (SSSR count). The first kappa shape index (κ1) is 20.3. The van der Waals surface area contributed by atoms with E-state index in [0.717, 1.165) is 41.3 Å². The van der Waals surface area contributed by atoms with Crippen molar-refractivity contribution in [3.05, 3.63) is 71.7 Å². The van der Waals surface area contributed by atoms with Crippen LogP contribution in [0.4, 0.5) is 24.7 Å². The molecule has 29 heavy (non-hydrogen) atoms. The van der Waals surface area contributed by atoms with Gasteiger partial charge in [-0.15, -0.1) is 0 Å². The summed E-state index contributed by atoms with van der Waals surface area (Å²) in [6, 6.07) is 9.72. The summed E-state index contributed by atoms with van der Waals surface area (Å²) in [5.41, 5.74) is 1.73. The molecule has 0 aliphatic heterocycles. The predicted molar refractivity (Wildman–Crippen MR) is 106 cm³/mol. The molecule has 3 aromatic rings. The number of halogens is 3. The van der Waals surface area contributed by atoms with E-state index in [2.05, 4.69) is 20.6 Å². The highest BCUT2D eigenvalue weighted by Crippen LogP contribution is 2.30. The Kier molecular flexibility index (Phi) is 5.81. The van der Waals surface area contributed by atoms with E-state index in [-0.39, 0.29) is 5.56 Å². The van der Waals surface area contributed by atoms with Gasteiger partial charge in [-0.3, -0.25) is 9.78 Å². The second-order valence-corrected chi connectivity index (χ2v) is 6.35. The molecule has 0 saturated heterocycles. The van der Waals surface area contributed by atoms with Crippen LogP contribution >= 0.6 is 0 Å². The maximum atomic E-state index is 12.9. The van der Waals surface area contributed by atoms with Crippen molar-refractivity contribution in [3.8, 4) is 11.1 Å². The summed E-state index contributed by atoms with van der Waals surface area (Å²) < 4.78 is 38.6. The van der Waals surface area contributed by atoms with E-state index in [9.17, 15) is 18.0 Å². The molecular formula is C21H19F3N4O. The minimum Gasteiger partial charge on any atom is -0.370 e. The van der Waals surface area contributed by atoms with Crippen LogP contribution in [0.2, 0.25) is 0 Å². The zero-order valence-corrected chi connectivity index (χ0v) is 15.8. The van der Waals surface area contributed by atoms with Crippen LogP contribution in [0.25, 0.3) is 11.1 Å². The van der Waals surface area contributed by atoms with E-state index < -0.39 is 17.6 Å². The molecule has 0 bridgehead atoms. The average molecular weight is 400 g/mol. The normalized spacial score (nSPS) is 11.2. The van der Waals surface area contributed by atoms with Crippen molar-refractivity contribution in [2.24, 2.45) is 0 Å². The van der Waals surface area contributed by atoms with Crippen LogP contribution in [0.5, 0.6) is 0 Å². The molecule has 2 heterocycles. The third-order valence-corrected chi connectivity index (χ3v) is 4.23. The number of pyridine rings is 2. The number of aromatic nitrogens is 2. The molecule has 2 N–H and O–H groups in total. The number of rotatable bonds is 5. The fourth-order valence-corrected chi connectivity index (χ4v) is 2.77. The smallest absolute Gasteiger partial charge is 0.370 e. The van der Waals surface area contributed by atoms with Gasteiger partial charge in [0, 0.05) is 35.1 Å². The van der Waals surface area contributed by atoms with Gasteiger partial charge >= 0.3 is 6.18 Å². The Labute approximate surface area is 166 Å². The highest BCUT2D eigenvalue weighted by molar-refractivity contribution is 6.04. The van der Waals surface area contributed by atoms with Gasteiger partial charge in [-0.25, -0.2) is 4.98 Å². The maximum Gasteiger partial charge on any atom is 0.416 e. The Hall–Kier alpha value is -3.42. The fraction of sp³-hybridized carbons (Fsp3) is 0.190. The van der Waals surface area contributed by atoms with E-state index in [1.54, 1.807) is 12.3 Å². The molecule has 1 amide bonds. The lowest BCUT2D eigenvalue weighted by Gasteiger charge is -2.11. The van der Waals surface area contributed by atoms with Crippen LogP contribution in [0.3, 0.4) is 0 Å².